The van der Waals surface area contributed by atoms with Gasteiger partial charge in [0.2, 0.25) is 5.43 Å². The normalized spacial score (nSPS) is 10.6. The number of aromatic carboxylic acids is 1. The Hall–Kier alpha value is -2.07. The van der Waals surface area contributed by atoms with Gasteiger partial charge in [0.25, 0.3) is 0 Å². The number of carboxylic acid groups (broad SMARTS) is 1. The van der Waals surface area contributed by atoms with E-state index in [1.54, 1.807) is 37.4 Å². The van der Waals surface area contributed by atoms with Gasteiger partial charge < -0.3 is 9.67 Å². The molecule has 0 radical (unpaired) electrons. The largest absolute Gasteiger partial charge is 0.477 e. The molecule has 21 heavy (non-hydrogen) atoms. The Morgan fingerprint density at radius 2 is 1.90 bits per heavy atom. The smallest absolute Gasteiger partial charge is 0.341 e. The van der Waals surface area contributed by atoms with Gasteiger partial charge in [0.1, 0.15) is 5.56 Å². The van der Waals surface area contributed by atoms with Crippen LogP contribution in [-0.4, -0.2) is 15.6 Å². The highest BCUT2D eigenvalue weighted by molar-refractivity contribution is 6.30. The molecule has 1 N–H and O–H groups in total. The van der Waals surface area contributed by atoms with Gasteiger partial charge in [0.05, 0.1) is 0 Å². The number of hydrogen-bond donors (Lipinski definition) is 1. The number of hydrogen-bond acceptors (Lipinski definition) is 2. The first-order valence-electron chi connectivity index (χ1n) is 6.69. The molecule has 0 saturated carbocycles. The highest BCUT2D eigenvalue weighted by Crippen LogP contribution is 2.20. The zero-order valence-corrected chi connectivity index (χ0v) is 12.6. The predicted molar refractivity (Wildman–Crippen MR) is 83.1 cm³/mol. The highest BCUT2D eigenvalue weighted by Gasteiger charge is 2.19. The second-order valence-corrected chi connectivity index (χ2v) is 5.27. The molecule has 0 spiro atoms. The van der Waals surface area contributed by atoms with Crippen LogP contribution < -0.4 is 5.43 Å². The summed E-state index contributed by atoms with van der Waals surface area (Å²) in [5, 5.41) is 9.89. The number of pyridine rings is 1. The molecule has 2 aromatic rings. The molecule has 5 heteroatoms. The molecule has 110 valence electrons. The lowest BCUT2D eigenvalue weighted by Crippen LogP contribution is -2.23. The second kappa shape index (κ2) is 6.14. The minimum absolute atomic E-state index is 0.170. The van der Waals surface area contributed by atoms with Gasteiger partial charge in [0, 0.05) is 29.0 Å². The maximum absolute atomic E-state index is 12.4. The average molecular weight is 306 g/mol. The minimum atomic E-state index is -1.20. The molecule has 0 fully saturated rings. The molecular weight excluding hydrogens is 290 g/mol. The zero-order chi connectivity index (χ0) is 15.6. The van der Waals surface area contributed by atoms with Crippen molar-refractivity contribution < 1.29 is 9.90 Å². The number of aromatic nitrogens is 1. The van der Waals surface area contributed by atoms with E-state index in [4.69, 9.17) is 11.6 Å². The molecule has 1 heterocycles. The molecule has 0 aliphatic carbocycles. The molecule has 0 aliphatic rings. The van der Waals surface area contributed by atoms with Crippen LogP contribution >= 0.6 is 11.6 Å². The van der Waals surface area contributed by atoms with Gasteiger partial charge in [-0.1, -0.05) is 30.7 Å². The third-order valence-electron chi connectivity index (χ3n) is 3.38. The molecule has 0 atom stereocenters. The van der Waals surface area contributed by atoms with Crippen molar-refractivity contribution in [3.63, 3.8) is 0 Å². The number of aryl methyl sites for hydroxylation is 1. The summed E-state index contributed by atoms with van der Waals surface area (Å²) in [5.41, 5.74) is 0.887. The summed E-state index contributed by atoms with van der Waals surface area (Å²) >= 11 is 5.85. The summed E-state index contributed by atoms with van der Waals surface area (Å²) in [6, 6.07) is 6.80. The lowest BCUT2D eigenvalue weighted by Gasteiger charge is -2.14. The summed E-state index contributed by atoms with van der Waals surface area (Å²) in [6.07, 6.45) is 2.57. The van der Waals surface area contributed by atoms with Crippen LogP contribution in [0.3, 0.4) is 0 Å². The number of carboxylic acids is 1. The fourth-order valence-corrected chi connectivity index (χ4v) is 2.44. The van der Waals surface area contributed by atoms with Gasteiger partial charge in [-0.15, -0.1) is 0 Å². The van der Waals surface area contributed by atoms with Crippen molar-refractivity contribution in [2.24, 2.45) is 0 Å². The molecule has 0 aliphatic heterocycles. The number of rotatable bonds is 4. The van der Waals surface area contributed by atoms with Crippen molar-refractivity contribution in [3.05, 3.63) is 57.0 Å². The Morgan fingerprint density at radius 3 is 2.43 bits per heavy atom. The van der Waals surface area contributed by atoms with E-state index in [9.17, 15) is 14.7 Å². The Balaban J connectivity index is 2.74. The summed E-state index contributed by atoms with van der Waals surface area (Å²) in [7, 11) is 0. The highest BCUT2D eigenvalue weighted by atomic mass is 35.5. The van der Waals surface area contributed by atoms with E-state index in [-0.39, 0.29) is 5.56 Å². The quantitative estimate of drug-likeness (QED) is 0.939. The Kier molecular flexibility index (Phi) is 4.48. The van der Waals surface area contributed by atoms with E-state index < -0.39 is 11.4 Å². The Morgan fingerprint density at radius 1 is 1.29 bits per heavy atom. The summed E-state index contributed by atoms with van der Waals surface area (Å²) in [5.74, 6) is -1.20. The minimum Gasteiger partial charge on any atom is -0.477 e. The van der Waals surface area contributed by atoms with E-state index in [2.05, 4.69) is 0 Å². The SMILES string of the molecule is CCCn1cc(-c2ccc(Cl)cc2)c(=O)c(C(=O)O)c1C. The van der Waals surface area contributed by atoms with Crippen LogP contribution in [0.1, 0.15) is 29.4 Å². The van der Waals surface area contributed by atoms with Crippen LogP contribution in [-0.2, 0) is 6.54 Å². The van der Waals surface area contributed by atoms with Crippen LogP contribution in [0.4, 0.5) is 0 Å². The molecular formula is C16H16ClNO3. The molecule has 1 aromatic carbocycles. The van der Waals surface area contributed by atoms with Gasteiger partial charge >= 0.3 is 5.97 Å². The first-order valence-corrected chi connectivity index (χ1v) is 7.06. The molecule has 4 nitrogen and oxygen atoms in total. The van der Waals surface area contributed by atoms with Crippen LogP contribution in [0, 0.1) is 6.92 Å². The summed E-state index contributed by atoms with van der Waals surface area (Å²) in [4.78, 5) is 23.8. The fourth-order valence-electron chi connectivity index (χ4n) is 2.31. The molecule has 0 saturated heterocycles. The van der Waals surface area contributed by atoms with Crippen molar-refractivity contribution in [2.75, 3.05) is 0 Å². The van der Waals surface area contributed by atoms with Crippen molar-refractivity contribution in [1.82, 2.24) is 4.57 Å². The van der Waals surface area contributed by atoms with Gasteiger partial charge in [-0.05, 0) is 31.0 Å². The van der Waals surface area contributed by atoms with E-state index >= 15 is 0 Å². The molecule has 0 amide bonds. The number of benzene rings is 1. The van der Waals surface area contributed by atoms with Crippen molar-refractivity contribution >= 4 is 17.6 Å². The topological polar surface area (TPSA) is 59.3 Å². The second-order valence-electron chi connectivity index (χ2n) is 4.84. The molecule has 2 rings (SSSR count). The van der Waals surface area contributed by atoms with Crippen LogP contribution in [0.2, 0.25) is 5.02 Å². The van der Waals surface area contributed by atoms with E-state index in [1.165, 1.54) is 0 Å². The van der Waals surface area contributed by atoms with Crippen LogP contribution in [0.15, 0.2) is 35.3 Å². The predicted octanol–water partition coefficient (Wildman–Crippen LogP) is 3.59. The zero-order valence-electron chi connectivity index (χ0n) is 11.9. The number of halogens is 1. The Labute approximate surface area is 127 Å². The maximum Gasteiger partial charge on any atom is 0.341 e. The van der Waals surface area contributed by atoms with Gasteiger partial charge in [-0.2, -0.15) is 0 Å². The van der Waals surface area contributed by atoms with Crippen molar-refractivity contribution in [1.29, 1.82) is 0 Å². The van der Waals surface area contributed by atoms with Crippen LogP contribution in [0.5, 0.6) is 0 Å². The average Bonchev–Trinajstić information content (AvgIpc) is 2.43. The lowest BCUT2D eigenvalue weighted by molar-refractivity contribution is 0.0693. The first kappa shape index (κ1) is 15.3. The summed E-state index contributed by atoms with van der Waals surface area (Å²) < 4.78 is 1.81. The van der Waals surface area contributed by atoms with Gasteiger partial charge in [0.15, 0.2) is 0 Å². The van der Waals surface area contributed by atoms with Crippen molar-refractivity contribution in [2.45, 2.75) is 26.8 Å². The van der Waals surface area contributed by atoms with Gasteiger partial charge in [-0.25, -0.2) is 4.79 Å². The lowest BCUT2D eigenvalue weighted by atomic mass is 10.0. The molecule has 0 unspecified atom stereocenters. The van der Waals surface area contributed by atoms with Crippen LogP contribution in [0.25, 0.3) is 11.1 Å². The number of nitrogens with zero attached hydrogens (tertiary/aromatic N) is 1. The fraction of sp³-hybridized carbons (Fsp3) is 0.250. The third-order valence-corrected chi connectivity index (χ3v) is 3.63. The Bertz CT molecular complexity index is 732. The third kappa shape index (κ3) is 3.00. The van der Waals surface area contributed by atoms with Gasteiger partial charge in [-0.3, -0.25) is 4.79 Å². The standard InChI is InChI=1S/C16H16ClNO3/c1-3-8-18-9-13(11-4-6-12(17)7-5-11)15(19)14(10(18)2)16(20)21/h4-7,9H,3,8H2,1-2H3,(H,20,21). The maximum atomic E-state index is 12.4. The summed E-state index contributed by atoms with van der Waals surface area (Å²) in [6.45, 7) is 4.32. The molecule has 1 aromatic heterocycles. The first-order chi connectivity index (χ1) is 9.95. The van der Waals surface area contributed by atoms with E-state index in [0.29, 0.717) is 28.4 Å². The monoisotopic (exact) mass is 305 g/mol. The van der Waals surface area contributed by atoms with Crippen molar-refractivity contribution in [3.8, 4) is 11.1 Å². The van der Waals surface area contributed by atoms with E-state index in [1.807, 2.05) is 11.5 Å². The molecule has 0 bridgehead atoms. The van der Waals surface area contributed by atoms with E-state index in [0.717, 1.165) is 6.42 Å². The number of carbonyl (C=O) groups is 1.